The van der Waals surface area contributed by atoms with Gasteiger partial charge in [-0.15, -0.1) is 0 Å². The zero-order valence-corrected chi connectivity index (χ0v) is 14.9. The number of pyridine rings is 1. The van der Waals surface area contributed by atoms with Crippen molar-refractivity contribution in [3.8, 4) is 0 Å². The topological polar surface area (TPSA) is 49.6 Å². The summed E-state index contributed by atoms with van der Waals surface area (Å²) in [4.78, 5) is 15.0. The highest BCUT2D eigenvalue weighted by molar-refractivity contribution is 5.95. The third kappa shape index (κ3) is 2.16. The standard InChI is InChI=1S/C21H22N4O/c1-15-18-8-4-5-11-25(18)23-19(15)20(26)24-12-9-21(10-13-24)14-22-17-7-3-2-6-16(17)21/h2-8,11,22H,9-10,12-14H2,1H3. The number of benzene rings is 1. The first-order chi connectivity index (χ1) is 12.7. The van der Waals surface area contributed by atoms with Gasteiger partial charge in [-0.1, -0.05) is 24.3 Å². The monoisotopic (exact) mass is 346 g/mol. The normalized spacial score (nSPS) is 18.1. The van der Waals surface area contributed by atoms with E-state index in [9.17, 15) is 4.79 Å². The van der Waals surface area contributed by atoms with Gasteiger partial charge in [0.05, 0.1) is 5.52 Å². The van der Waals surface area contributed by atoms with Gasteiger partial charge < -0.3 is 10.2 Å². The minimum Gasteiger partial charge on any atom is -0.384 e. The molecule has 0 bridgehead atoms. The molecule has 0 atom stereocenters. The van der Waals surface area contributed by atoms with Crippen molar-refractivity contribution >= 4 is 17.1 Å². The van der Waals surface area contributed by atoms with Gasteiger partial charge in [0, 0.05) is 42.5 Å². The molecule has 2 aliphatic heterocycles. The molecule has 0 unspecified atom stereocenters. The van der Waals surface area contributed by atoms with Crippen LogP contribution in [0.2, 0.25) is 0 Å². The van der Waals surface area contributed by atoms with Crippen LogP contribution in [0.4, 0.5) is 5.69 Å². The summed E-state index contributed by atoms with van der Waals surface area (Å²) in [5, 5.41) is 8.07. The van der Waals surface area contributed by atoms with Crippen LogP contribution in [0.5, 0.6) is 0 Å². The fourth-order valence-corrected chi connectivity index (χ4v) is 4.52. The van der Waals surface area contributed by atoms with E-state index in [0.717, 1.165) is 43.6 Å². The predicted octanol–water partition coefficient (Wildman–Crippen LogP) is 3.24. The largest absolute Gasteiger partial charge is 0.384 e. The summed E-state index contributed by atoms with van der Waals surface area (Å²) in [7, 11) is 0. The first kappa shape index (κ1) is 15.4. The van der Waals surface area contributed by atoms with Crippen molar-refractivity contribution in [2.24, 2.45) is 0 Å². The van der Waals surface area contributed by atoms with Crippen molar-refractivity contribution < 1.29 is 4.79 Å². The van der Waals surface area contributed by atoms with E-state index in [0.29, 0.717) is 5.69 Å². The predicted molar refractivity (Wildman–Crippen MR) is 102 cm³/mol. The summed E-state index contributed by atoms with van der Waals surface area (Å²) < 4.78 is 1.80. The number of fused-ring (bicyclic) bond motifs is 3. The zero-order chi connectivity index (χ0) is 17.7. The van der Waals surface area contributed by atoms with Crippen LogP contribution in [0, 0.1) is 6.92 Å². The van der Waals surface area contributed by atoms with Crippen molar-refractivity contribution in [2.75, 3.05) is 25.0 Å². The van der Waals surface area contributed by atoms with E-state index < -0.39 is 0 Å². The summed E-state index contributed by atoms with van der Waals surface area (Å²) in [5.74, 6) is 0.0558. The molecular formula is C21H22N4O. The number of hydrogen-bond acceptors (Lipinski definition) is 3. The molecule has 5 heteroatoms. The molecular weight excluding hydrogens is 324 g/mol. The molecule has 0 saturated carbocycles. The van der Waals surface area contributed by atoms with E-state index in [2.05, 4.69) is 34.7 Å². The van der Waals surface area contributed by atoms with Crippen LogP contribution in [0.3, 0.4) is 0 Å². The maximum absolute atomic E-state index is 13.1. The third-order valence-corrected chi connectivity index (χ3v) is 6.11. The van der Waals surface area contributed by atoms with Crippen LogP contribution < -0.4 is 5.32 Å². The van der Waals surface area contributed by atoms with Gasteiger partial charge in [-0.25, -0.2) is 4.52 Å². The Hall–Kier alpha value is -2.82. The highest BCUT2D eigenvalue weighted by Crippen LogP contribution is 2.43. The summed E-state index contributed by atoms with van der Waals surface area (Å²) in [6, 6.07) is 14.5. The molecule has 1 spiro atoms. The Morgan fingerprint density at radius 3 is 2.69 bits per heavy atom. The average molecular weight is 346 g/mol. The molecule has 3 aromatic rings. The number of aryl methyl sites for hydroxylation is 1. The lowest BCUT2D eigenvalue weighted by molar-refractivity contribution is 0.0669. The second-order valence-electron chi connectivity index (χ2n) is 7.48. The molecule has 26 heavy (non-hydrogen) atoms. The fraction of sp³-hybridized carbons (Fsp3) is 0.333. The van der Waals surface area contributed by atoms with Gasteiger partial charge in [-0.2, -0.15) is 5.10 Å². The molecule has 1 N–H and O–H groups in total. The van der Waals surface area contributed by atoms with Gasteiger partial charge in [0.15, 0.2) is 5.69 Å². The van der Waals surface area contributed by atoms with Crippen molar-refractivity contribution in [3.63, 3.8) is 0 Å². The van der Waals surface area contributed by atoms with Crippen molar-refractivity contribution in [1.82, 2.24) is 14.5 Å². The third-order valence-electron chi connectivity index (χ3n) is 6.11. The Morgan fingerprint density at radius 1 is 1.12 bits per heavy atom. The van der Waals surface area contributed by atoms with Crippen molar-refractivity contribution in [3.05, 3.63) is 65.5 Å². The molecule has 1 aromatic carbocycles. The number of piperidine rings is 1. The van der Waals surface area contributed by atoms with E-state index >= 15 is 0 Å². The van der Waals surface area contributed by atoms with Crippen molar-refractivity contribution in [2.45, 2.75) is 25.2 Å². The molecule has 132 valence electrons. The van der Waals surface area contributed by atoms with Crippen LogP contribution >= 0.6 is 0 Å². The first-order valence-corrected chi connectivity index (χ1v) is 9.25. The van der Waals surface area contributed by atoms with E-state index in [1.54, 1.807) is 4.52 Å². The highest BCUT2D eigenvalue weighted by atomic mass is 16.2. The number of likely N-dealkylation sites (tertiary alicyclic amines) is 1. The number of para-hydroxylation sites is 1. The van der Waals surface area contributed by atoms with E-state index in [1.165, 1.54) is 11.3 Å². The van der Waals surface area contributed by atoms with Crippen LogP contribution in [0.1, 0.15) is 34.5 Å². The number of hydrogen-bond donors (Lipinski definition) is 1. The molecule has 2 aliphatic rings. The number of nitrogens with zero attached hydrogens (tertiary/aromatic N) is 3. The number of aromatic nitrogens is 2. The number of carbonyl (C=O) groups is 1. The maximum Gasteiger partial charge on any atom is 0.274 e. The van der Waals surface area contributed by atoms with Crippen LogP contribution in [-0.4, -0.2) is 40.1 Å². The number of amides is 1. The Morgan fingerprint density at radius 2 is 1.88 bits per heavy atom. The Labute approximate surface area is 152 Å². The fourth-order valence-electron chi connectivity index (χ4n) is 4.52. The molecule has 2 aromatic heterocycles. The quantitative estimate of drug-likeness (QED) is 0.736. The Kier molecular flexibility index (Phi) is 3.32. The van der Waals surface area contributed by atoms with Gasteiger partial charge in [0.2, 0.25) is 0 Å². The van der Waals surface area contributed by atoms with E-state index in [4.69, 9.17) is 0 Å². The van der Waals surface area contributed by atoms with Crippen LogP contribution in [-0.2, 0) is 5.41 Å². The lowest BCUT2D eigenvalue weighted by atomic mass is 9.74. The van der Waals surface area contributed by atoms with Crippen molar-refractivity contribution in [1.29, 1.82) is 0 Å². The maximum atomic E-state index is 13.1. The SMILES string of the molecule is Cc1c(C(=O)N2CCC3(CC2)CNc2ccccc23)nn2ccccc12. The zero-order valence-electron chi connectivity index (χ0n) is 14.9. The Balaban J connectivity index is 1.39. The number of carbonyl (C=O) groups excluding carboxylic acids is 1. The number of anilines is 1. The lowest BCUT2D eigenvalue weighted by Crippen LogP contribution is -2.46. The summed E-state index contributed by atoms with van der Waals surface area (Å²) in [5.41, 5.74) is 5.38. The van der Waals surface area contributed by atoms with Gasteiger partial charge in [-0.05, 0) is 43.5 Å². The molecule has 1 fully saturated rings. The highest BCUT2D eigenvalue weighted by Gasteiger charge is 2.42. The second kappa shape index (κ2) is 5.59. The molecule has 0 aliphatic carbocycles. The first-order valence-electron chi connectivity index (χ1n) is 9.25. The van der Waals surface area contributed by atoms with Crippen LogP contribution in [0.25, 0.3) is 5.52 Å². The number of nitrogens with one attached hydrogen (secondary N) is 1. The molecule has 1 saturated heterocycles. The smallest absolute Gasteiger partial charge is 0.274 e. The second-order valence-corrected chi connectivity index (χ2v) is 7.48. The summed E-state index contributed by atoms with van der Waals surface area (Å²) >= 11 is 0. The van der Waals surface area contributed by atoms with E-state index in [1.807, 2.05) is 36.2 Å². The minimum atomic E-state index is 0.0558. The van der Waals surface area contributed by atoms with Gasteiger partial charge in [0.25, 0.3) is 5.91 Å². The van der Waals surface area contributed by atoms with Gasteiger partial charge in [-0.3, -0.25) is 4.79 Å². The molecule has 0 radical (unpaired) electrons. The molecule has 1 amide bonds. The summed E-state index contributed by atoms with van der Waals surface area (Å²) in [6.07, 6.45) is 3.88. The summed E-state index contributed by atoms with van der Waals surface area (Å²) in [6.45, 7) is 4.52. The number of rotatable bonds is 1. The van der Waals surface area contributed by atoms with Gasteiger partial charge >= 0.3 is 0 Å². The van der Waals surface area contributed by atoms with Gasteiger partial charge in [0.1, 0.15) is 0 Å². The average Bonchev–Trinajstić information content (AvgIpc) is 3.21. The lowest BCUT2D eigenvalue weighted by Gasteiger charge is -2.39. The minimum absolute atomic E-state index is 0.0558. The molecule has 5 rings (SSSR count). The molecule has 5 nitrogen and oxygen atoms in total. The van der Waals surface area contributed by atoms with E-state index in [-0.39, 0.29) is 11.3 Å². The van der Waals surface area contributed by atoms with Crippen LogP contribution in [0.15, 0.2) is 48.7 Å². The molecule has 4 heterocycles. The Bertz CT molecular complexity index is 998.